The van der Waals surface area contributed by atoms with Crippen LogP contribution in [0.5, 0.6) is 0 Å². The van der Waals surface area contributed by atoms with Gasteiger partial charge in [-0.3, -0.25) is 0 Å². The molecule has 0 saturated heterocycles. The van der Waals surface area contributed by atoms with Gasteiger partial charge in [0.2, 0.25) is 0 Å². The molecular weight excluding hydrogens is 495 g/mol. The Bertz CT molecular complexity index is 995. The van der Waals surface area contributed by atoms with Crippen LogP contribution < -0.4 is 47.6 Å². The molecule has 2 unspecified atom stereocenters. The van der Waals surface area contributed by atoms with Crippen molar-refractivity contribution in [2.45, 2.75) is 67.0 Å². The van der Waals surface area contributed by atoms with E-state index < -0.39 is 8.07 Å². The molecule has 0 aromatic heterocycles. The number of hydrogen-bond donors (Lipinski definition) is 0. The monoisotopic (exact) mass is 526 g/mol. The maximum Gasteiger partial charge on any atom is -1.00 e. The molecule has 0 fully saturated rings. The number of aryl methyl sites for hydroxylation is 4. The van der Waals surface area contributed by atoms with Gasteiger partial charge in [-0.25, -0.2) is 0 Å². The van der Waals surface area contributed by atoms with E-state index in [2.05, 4.69) is 119 Å². The Hall–Kier alpha value is -0.279. The van der Waals surface area contributed by atoms with Crippen LogP contribution in [0.4, 0.5) is 0 Å². The van der Waals surface area contributed by atoms with Crippen LogP contribution in [0.2, 0.25) is 11.6 Å². The molecular formula is C26H33Cl3SiTi. The van der Waals surface area contributed by atoms with E-state index in [1.165, 1.54) is 33.4 Å². The Labute approximate surface area is 221 Å². The summed E-state index contributed by atoms with van der Waals surface area (Å²) in [5.41, 5.74) is 10.1. The molecule has 0 bridgehead atoms. The van der Waals surface area contributed by atoms with E-state index in [1.807, 2.05) is 0 Å². The van der Waals surface area contributed by atoms with Crippen molar-refractivity contribution < 1.29 is 57.7 Å². The summed E-state index contributed by atoms with van der Waals surface area (Å²) in [6.07, 6.45) is 0. The molecule has 0 spiro atoms. The Balaban J connectivity index is 0.00000300. The molecule has 2 atom stereocenters. The third-order valence-corrected chi connectivity index (χ3v) is 14.9. The second-order valence-electron chi connectivity index (χ2n) is 9.19. The summed E-state index contributed by atoms with van der Waals surface area (Å²) in [6.45, 7) is 21.2. The van der Waals surface area contributed by atoms with Gasteiger partial charge in [-0.05, 0) is 0 Å². The van der Waals surface area contributed by atoms with Crippen molar-refractivity contribution in [3.8, 4) is 0 Å². The molecule has 2 aromatic carbocycles. The maximum atomic E-state index is 2.61. The smallest absolute Gasteiger partial charge is 1.00 e. The number of benzene rings is 2. The molecule has 0 N–H and O–H groups in total. The summed E-state index contributed by atoms with van der Waals surface area (Å²) in [5, 5.41) is 3.22. The van der Waals surface area contributed by atoms with Gasteiger partial charge in [0.05, 0.1) is 0 Å². The van der Waals surface area contributed by atoms with E-state index in [0.717, 1.165) is 0 Å². The summed E-state index contributed by atoms with van der Waals surface area (Å²) < 4.78 is 1.57. The Morgan fingerprint density at radius 3 is 1.65 bits per heavy atom. The molecule has 31 heavy (non-hydrogen) atoms. The largest absolute Gasteiger partial charge is 1.00 e. The summed E-state index contributed by atoms with van der Waals surface area (Å²) in [4.78, 5) is 0. The maximum absolute atomic E-state index is 2.61. The normalized spacial score (nSPS) is 20.0. The van der Waals surface area contributed by atoms with Crippen LogP contribution in [0.25, 0.3) is 0 Å². The van der Waals surface area contributed by atoms with Crippen molar-refractivity contribution in [2.75, 3.05) is 0 Å². The topological polar surface area (TPSA) is 0 Å². The Morgan fingerprint density at radius 2 is 1.23 bits per heavy atom. The van der Waals surface area contributed by atoms with Gasteiger partial charge in [0, 0.05) is 0 Å². The molecule has 0 saturated carbocycles. The molecule has 5 heteroatoms. The predicted octanol–water partition coefficient (Wildman–Crippen LogP) is -2.94. The first-order valence-electron chi connectivity index (χ1n) is 10.2. The zero-order valence-corrected chi connectivity index (χ0v) is 24.9. The van der Waals surface area contributed by atoms with Gasteiger partial charge < -0.3 is 37.2 Å². The molecule has 0 radical (unpaired) electrons. The number of halogens is 3. The van der Waals surface area contributed by atoms with Crippen molar-refractivity contribution in [3.05, 3.63) is 79.2 Å². The second kappa shape index (κ2) is 10.8. The van der Waals surface area contributed by atoms with Crippen LogP contribution in [-0.4, -0.2) is 8.07 Å². The average molecular weight is 528 g/mol. The molecule has 3 rings (SSSR count). The van der Waals surface area contributed by atoms with Gasteiger partial charge in [-0.1, -0.05) is 0 Å². The summed E-state index contributed by atoms with van der Waals surface area (Å²) in [5.74, 6) is 0. The van der Waals surface area contributed by atoms with Gasteiger partial charge in [-0.2, -0.15) is 0 Å². The van der Waals surface area contributed by atoms with Gasteiger partial charge in [0.25, 0.3) is 0 Å². The average Bonchev–Trinajstić information content (AvgIpc) is 2.76. The van der Waals surface area contributed by atoms with Gasteiger partial charge in [0.15, 0.2) is 0 Å². The molecule has 166 valence electrons. The summed E-state index contributed by atoms with van der Waals surface area (Å²) in [7, 11) is -2.15. The van der Waals surface area contributed by atoms with Crippen LogP contribution in [0, 0.1) is 27.7 Å². The molecule has 1 aliphatic carbocycles. The van der Waals surface area contributed by atoms with Gasteiger partial charge >= 0.3 is 185 Å². The SMILES string of the molecule is CC1=C(C)C(C)([Si](C)(c2cc(C)cc(C)c2)c2ccc(C)cc2C)[C]([Ti+3])=C1C.[Cl-].[Cl-].[Cl-]. The van der Waals surface area contributed by atoms with Crippen LogP contribution in [0.3, 0.4) is 0 Å². The first-order chi connectivity index (χ1) is 12.9. The fraction of sp³-hybridized carbons (Fsp3) is 0.385. The first-order valence-corrected chi connectivity index (χ1v) is 13.5. The second-order valence-corrected chi connectivity index (χ2v) is 14.3. The first kappa shape index (κ1) is 30.7. The minimum atomic E-state index is -2.15. The molecule has 1 aliphatic rings. The molecule has 0 heterocycles. The Morgan fingerprint density at radius 1 is 0.710 bits per heavy atom. The predicted molar refractivity (Wildman–Crippen MR) is 122 cm³/mol. The van der Waals surface area contributed by atoms with E-state index in [0.29, 0.717) is 0 Å². The third kappa shape index (κ3) is 4.70. The standard InChI is InChI=1S/C26H33Si.3ClH.Ti/c1-17-10-11-25(20(4)13-17)27(9,24-14-18(2)12-19(3)15-24)26(8)16-21(5)22(6)23(26)7;;;;/h10-15H,1-9H3;3*1H;/q;;;;+3/p-3. The number of rotatable bonds is 3. The van der Waals surface area contributed by atoms with Crippen LogP contribution >= 0.6 is 0 Å². The number of hydrogen-bond acceptors (Lipinski definition) is 0. The third-order valence-electron chi connectivity index (χ3n) is 7.47. The van der Waals surface area contributed by atoms with Gasteiger partial charge in [0.1, 0.15) is 0 Å². The van der Waals surface area contributed by atoms with Crippen LogP contribution in [0.15, 0.2) is 57.0 Å². The minimum Gasteiger partial charge on any atom is -1.00 e. The minimum absolute atomic E-state index is 0. The molecule has 0 nitrogen and oxygen atoms in total. The van der Waals surface area contributed by atoms with Crippen molar-refractivity contribution in [3.63, 3.8) is 0 Å². The Kier molecular flexibility index (Phi) is 10.7. The van der Waals surface area contributed by atoms with Crippen molar-refractivity contribution in [2.24, 2.45) is 0 Å². The van der Waals surface area contributed by atoms with E-state index in [9.17, 15) is 0 Å². The summed E-state index contributed by atoms with van der Waals surface area (Å²) in [6, 6.07) is 14.4. The molecule has 0 amide bonds. The van der Waals surface area contributed by atoms with Crippen LogP contribution in [-0.2, 0) is 20.4 Å². The van der Waals surface area contributed by atoms with Crippen molar-refractivity contribution in [1.29, 1.82) is 0 Å². The van der Waals surface area contributed by atoms with E-state index in [1.54, 1.807) is 19.8 Å². The van der Waals surface area contributed by atoms with E-state index in [-0.39, 0.29) is 42.3 Å². The zero-order chi connectivity index (χ0) is 21.0. The van der Waals surface area contributed by atoms with Crippen molar-refractivity contribution >= 4 is 18.4 Å². The fourth-order valence-electron chi connectivity index (χ4n) is 5.38. The van der Waals surface area contributed by atoms with Crippen molar-refractivity contribution in [1.82, 2.24) is 0 Å². The molecule has 2 aromatic rings. The van der Waals surface area contributed by atoms with Crippen LogP contribution in [0.1, 0.15) is 49.9 Å². The zero-order valence-electron chi connectivity index (χ0n) is 20.1. The van der Waals surface area contributed by atoms with Gasteiger partial charge in [-0.15, -0.1) is 0 Å². The fourth-order valence-corrected chi connectivity index (χ4v) is 12.5. The number of allylic oxidation sites excluding steroid dienone is 4. The van der Waals surface area contributed by atoms with E-state index in [4.69, 9.17) is 0 Å². The van der Waals surface area contributed by atoms with E-state index >= 15 is 0 Å². The summed E-state index contributed by atoms with van der Waals surface area (Å²) >= 11 is 2.38. The quantitative estimate of drug-likeness (QED) is 0.375. The molecule has 0 aliphatic heterocycles.